The fourth-order valence-corrected chi connectivity index (χ4v) is 3.68. The Kier molecular flexibility index (Phi) is 5.52. The standard InChI is InChI=1S/C15H20BrN3O.ClH/c1-19-13-6-7-14(19)9-12(8-13)18-15(20)17-11-4-2-10(16)3-5-11;/h2-5,12-14H,6-9H2,1H3,(H2,17,18,20);1H. The van der Waals surface area contributed by atoms with E-state index in [1.807, 2.05) is 24.3 Å². The third kappa shape index (κ3) is 3.90. The Hall–Kier alpha value is -0.780. The van der Waals surface area contributed by atoms with Crippen molar-refractivity contribution in [2.45, 2.75) is 43.8 Å². The van der Waals surface area contributed by atoms with E-state index in [1.54, 1.807) is 0 Å². The number of halogens is 2. The Balaban J connectivity index is 0.00000161. The van der Waals surface area contributed by atoms with Gasteiger partial charge in [-0.25, -0.2) is 4.79 Å². The average Bonchev–Trinajstić information content (AvgIpc) is 2.64. The molecule has 2 fully saturated rings. The van der Waals surface area contributed by atoms with E-state index in [4.69, 9.17) is 0 Å². The molecule has 116 valence electrons. The summed E-state index contributed by atoms with van der Waals surface area (Å²) in [6.45, 7) is 0. The molecule has 4 nitrogen and oxygen atoms in total. The minimum Gasteiger partial charge on any atom is -0.335 e. The van der Waals surface area contributed by atoms with Gasteiger partial charge in [-0.05, 0) is 57.0 Å². The number of rotatable bonds is 2. The van der Waals surface area contributed by atoms with Crippen LogP contribution in [0, 0.1) is 0 Å². The molecule has 2 bridgehead atoms. The van der Waals surface area contributed by atoms with Crippen LogP contribution in [0.15, 0.2) is 28.7 Å². The monoisotopic (exact) mass is 373 g/mol. The van der Waals surface area contributed by atoms with Gasteiger partial charge in [-0.15, -0.1) is 12.4 Å². The molecule has 2 aliphatic heterocycles. The molecule has 2 unspecified atom stereocenters. The zero-order chi connectivity index (χ0) is 14.1. The highest BCUT2D eigenvalue weighted by atomic mass is 79.9. The first-order valence-corrected chi connectivity index (χ1v) is 7.96. The SMILES string of the molecule is CN1C2CCC1CC(NC(=O)Nc1ccc(Br)cc1)C2.Cl. The zero-order valence-corrected chi connectivity index (χ0v) is 14.4. The summed E-state index contributed by atoms with van der Waals surface area (Å²) in [4.78, 5) is 14.5. The molecule has 2 N–H and O–H groups in total. The molecule has 2 saturated heterocycles. The first-order valence-electron chi connectivity index (χ1n) is 7.17. The number of hydrogen-bond acceptors (Lipinski definition) is 2. The molecule has 21 heavy (non-hydrogen) atoms. The average molecular weight is 375 g/mol. The fourth-order valence-electron chi connectivity index (χ4n) is 3.42. The van der Waals surface area contributed by atoms with Gasteiger partial charge in [-0.3, -0.25) is 0 Å². The summed E-state index contributed by atoms with van der Waals surface area (Å²) in [5.41, 5.74) is 0.821. The van der Waals surface area contributed by atoms with Crippen molar-refractivity contribution >= 4 is 40.1 Å². The van der Waals surface area contributed by atoms with Crippen molar-refractivity contribution in [1.82, 2.24) is 10.2 Å². The van der Waals surface area contributed by atoms with Crippen LogP contribution in [0.2, 0.25) is 0 Å². The minimum absolute atomic E-state index is 0. The van der Waals surface area contributed by atoms with Crippen LogP contribution in [-0.4, -0.2) is 36.1 Å². The summed E-state index contributed by atoms with van der Waals surface area (Å²) in [5, 5.41) is 6.01. The number of benzene rings is 1. The van der Waals surface area contributed by atoms with Crippen molar-refractivity contribution < 1.29 is 4.79 Å². The number of nitrogens with one attached hydrogen (secondary N) is 2. The molecular weight excluding hydrogens is 354 g/mol. The van der Waals surface area contributed by atoms with Crippen molar-refractivity contribution in [1.29, 1.82) is 0 Å². The molecule has 0 saturated carbocycles. The Morgan fingerprint density at radius 3 is 2.33 bits per heavy atom. The maximum atomic E-state index is 12.0. The molecule has 2 heterocycles. The number of amides is 2. The van der Waals surface area contributed by atoms with Gasteiger partial charge < -0.3 is 15.5 Å². The summed E-state index contributed by atoms with van der Waals surface area (Å²) in [6, 6.07) is 9.12. The number of fused-ring (bicyclic) bond motifs is 2. The molecule has 1 aromatic rings. The summed E-state index contributed by atoms with van der Waals surface area (Å²) < 4.78 is 1.01. The van der Waals surface area contributed by atoms with Gasteiger partial charge in [0.1, 0.15) is 0 Å². The molecule has 0 radical (unpaired) electrons. The van der Waals surface area contributed by atoms with Gasteiger partial charge in [0.25, 0.3) is 0 Å². The van der Waals surface area contributed by atoms with Crippen molar-refractivity contribution in [2.24, 2.45) is 0 Å². The van der Waals surface area contributed by atoms with Crippen LogP contribution in [0.5, 0.6) is 0 Å². The van der Waals surface area contributed by atoms with Crippen LogP contribution < -0.4 is 10.6 Å². The lowest BCUT2D eigenvalue weighted by Gasteiger charge is -2.36. The lowest BCUT2D eigenvalue weighted by molar-refractivity contribution is 0.151. The Labute approximate surface area is 140 Å². The van der Waals surface area contributed by atoms with Crippen LogP contribution in [0.1, 0.15) is 25.7 Å². The number of anilines is 1. The molecule has 2 amide bonds. The quantitative estimate of drug-likeness (QED) is 0.830. The van der Waals surface area contributed by atoms with Crippen LogP contribution in [0.3, 0.4) is 0 Å². The summed E-state index contributed by atoms with van der Waals surface area (Å²) >= 11 is 3.38. The summed E-state index contributed by atoms with van der Waals surface area (Å²) in [5.74, 6) is 0. The van der Waals surface area contributed by atoms with Crippen molar-refractivity contribution in [3.8, 4) is 0 Å². The van der Waals surface area contributed by atoms with E-state index in [2.05, 4.69) is 38.5 Å². The van der Waals surface area contributed by atoms with E-state index < -0.39 is 0 Å². The minimum atomic E-state index is -0.0960. The van der Waals surface area contributed by atoms with Gasteiger partial charge in [-0.2, -0.15) is 0 Å². The van der Waals surface area contributed by atoms with E-state index in [-0.39, 0.29) is 18.4 Å². The highest BCUT2D eigenvalue weighted by Gasteiger charge is 2.38. The van der Waals surface area contributed by atoms with E-state index in [9.17, 15) is 4.79 Å². The molecule has 0 aromatic heterocycles. The van der Waals surface area contributed by atoms with Gasteiger partial charge in [0.05, 0.1) is 0 Å². The smallest absolute Gasteiger partial charge is 0.319 e. The van der Waals surface area contributed by atoms with Crippen LogP contribution in [0.4, 0.5) is 10.5 Å². The largest absolute Gasteiger partial charge is 0.335 e. The number of urea groups is 1. The van der Waals surface area contributed by atoms with Crippen molar-refractivity contribution in [3.63, 3.8) is 0 Å². The van der Waals surface area contributed by atoms with Crippen LogP contribution >= 0.6 is 28.3 Å². The number of piperidine rings is 1. The lowest BCUT2D eigenvalue weighted by atomic mass is 9.98. The number of nitrogens with zero attached hydrogens (tertiary/aromatic N) is 1. The first kappa shape index (κ1) is 16.6. The zero-order valence-electron chi connectivity index (χ0n) is 12.0. The second kappa shape index (κ2) is 6.99. The molecule has 2 atom stereocenters. The van der Waals surface area contributed by atoms with E-state index in [0.717, 1.165) is 23.0 Å². The van der Waals surface area contributed by atoms with E-state index >= 15 is 0 Å². The first-order chi connectivity index (χ1) is 9.61. The molecule has 1 aromatic carbocycles. The fraction of sp³-hybridized carbons (Fsp3) is 0.533. The topological polar surface area (TPSA) is 44.4 Å². The third-order valence-electron chi connectivity index (χ3n) is 4.54. The Bertz CT molecular complexity index is 482. The van der Waals surface area contributed by atoms with Crippen molar-refractivity contribution in [2.75, 3.05) is 12.4 Å². The number of hydrogen-bond donors (Lipinski definition) is 2. The second-order valence-electron chi connectivity index (χ2n) is 5.82. The summed E-state index contributed by atoms with van der Waals surface area (Å²) in [6.07, 6.45) is 4.68. The lowest BCUT2D eigenvalue weighted by Crippen LogP contribution is -2.49. The van der Waals surface area contributed by atoms with Crippen LogP contribution in [-0.2, 0) is 0 Å². The number of carbonyl (C=O) groups excluding carboxylic acids is 1. The maximum Gasteiger partial charge on any atom is 0.319 e. The van der Waals surface area contributed by atoms with Gasteiger partial charge in [0.2, 0.25) is 0 Å². The van der Waals surface area contributed by atoms with Gasteiger partial charge in [0.15, 0.2) is 0 Å². The summed E-state index contributed by atoms with van der Waals surface area (Å²) in [7, 11) is 2.21. The van der Waals surface area contributed by atoms with Gasteiger partial charge >= 0.3 is 6.03 Å². The molecule has 6 heteroatoms. The highest BCUT2D eigenvalue weighted by molar-refractivity contribution is 9.10. The molecule has 0 spiro atoms. The van der Waals surface area contributed by atoms with Crippen LogP contribution in [0.25, 0.3) is 0 Å². The Morgan fingerprint density at radius 1 is 1.19 bits per heavy atom. The third-order valence-corrected chi connectivity index (χ3v) is 5.06. The predicted molar refractivity (Wildman–Crippen MR) is 91.1 cm³/mol. The maximum absolute atomic E-state index is 12.0. The number of carbonyl (C=O) groups is 1. The highest BCUT2D eigenvalue weighted by Crippen LogP contribution is 2.34. The molecule has 2 aliphatic rings. The van der Waals surface area contributed by atoms with Gasteiger partial charge in [0, 0.05) is 28.3 Å². The molecule has 0 aliphatic carbocycles. The molecular formula is C15H21BrClN3O. The normalized spacial score (nSPS) is 27.8. The van der Waals surface area contributed by atoms with Crippen molar-refractivity contribution in [3.05, 3.63) is 28.7 Å². The predicted octanol–water partition coefficient (Wildman–Crippen LogP) is 3.62. The molecule has 3 rings (SSSR count). The second-order valence-corrected chi connectivity index (χ2v) is 6.74. The van der Waals surface area contributed by atoms with E-state index in [0.29, 0.717) is 18.1 Å². The van der Waals surface area contributed by atoms with E-state index in [1.165, 1.54) is 12.8 Å². The Morgan fingerprint density at radius 2 is 1.76 bits per heavy atom. The van der Waals surface area contributed by atoms with Gasteiger partial charge in [-0.1, -0.05) is 15.9 Å².